The summed E-state index contributed by atoms with van der Waals surface area (Å²) < 4.78 is 4.17. The predicted molar refractivity (Wildman–Crippen MR) is 90.2 cm³/mol. The Balaban J connectivity index is 2.12. The highest BCUT2D eigenvalue weighted by Gasteiger charge is 2.15. The predicted octanol–water partition coefficient (Wildman–Crippen LogP) is 3.90. The summed E-state index contributed by atoms with van der Waals surface area (Å²) in [5.41, 5.74) is 2.93. The molecule has 1 aromatic carbocycles. The molecule has 120 valence electrons. The molecule has 2 heterocycles. The van der Waals surface area contributed by atoms with Crippen LogP contribution in [0.25, 0.3) is 11.0 Å². The maximum Gasteiger partial charge on any atom is 0.335 e. The van der Waals surface area contributed by atoms with Crippen LogP contribution in [0.5, 0.6) is 0 Å². The zero-order valence-corrected chi connectivity index (χ0v) is 13.8. The van der Waals surface area contributed by atoms with Crippen molar-refractivity contribution in [1.29, 1.82) is 0 Å². The van der Waals surface area contributed by atoms with Gasteiger partial charge in [-0.3, -0.25) is 0 Å². The molecule has 0 unspecified atom stereocenters. The molecule has 0 bridgehead atoms. The molecule has 0 amide bonds. The first-order valence-electron chi connectivity index (χ1n) is 7.45. The third-order valence-electron chi connectivity index (χ3n) is 3.94. The van der Waals surface area contributed by atoms with Gasteiger partial charge in [-0.05, 0) is 44.2 Å². The Bertz CT molecular complexity index is 864. The second-order valence-corrected chi connectivity index (χ2v) is 6.02. The summed E-state index contributed by atoms with van der Waals surface area (Å²) in [5.74, 6) is 0.0674. The van der Waals surface area contributed by atoms with Gasteiger partial charge in [0, 0.05) is 17.9 Å². The van der Waals surface area contributed by atoms with Gasteiger partial charge in [-0.15, -0.1) is 11.6 Å². The van der Waals surface area contributed by atoms with Crippen molar-refractivity contribution in [3.63, 3.8) is 0 Å². The summed E-state index contributed by atoms with van der Waals surface area (Å²) in [6.07, 6.45) is 2.04. The third kappa shape index (κ3) is 2.84. The SMILES string of the molecule is CC(C)n1cccc1Cn1c(CCl)nc2ccc(C(=O)O)cc21. The summed E-state index contributed by atoms with van der Waals surface area (Å²) >= 11 is 6.04. The molecule has 23 heavy (non-hydrogen) atoms. The van der Waals surface area contributed by atoms with Gasteiger partial charge in [0.25, 0.3) is 0 Å². The van der Waals surface area contributed by atoms with Crippen LogP contribution in [0.3, 0.4) is 0 Å². The van der Waals surface area contributed by atoms with Crippen LogP contribution in [0.2, 0.25) is 0 Å². The van der Waals surface area contributed by atoms with E-state index in [1.165, 1.54) is 0 Å². The van der Waals surface area contributed by atoms with E-state index < -0.39 is 5.97 Å². The summed E-state index contributed by atoms with van der Waals surface area (Å²) in [6, 6.07) is 9.37. The van der Waals surface area contributed by atoms with Crippen molar-refractivity contribution >= 4 is 28.6 Å². The molecule has 0 aliphatic heterocycles. The maximum absolute atomic E-state index is 11.2. The lowest BCUT2D eigenvalue weighted by molar-refractivity contribution is 0.0697. The van der Waals surface area contributed by atoms with Gasteiger partial charge in [-0.1, -0.05) is 0 Å². The first-order chi connectivity index (χ1) is 11.0. The first kappa shape index (κ1) is 15.6. The fourth-order valence-corrected chi connectivity index (χ4v) is 3.02. The Hall–Kier alpha value is -2.27. The Kier molecular flexibility index (Phi) is 4.13. The number of imidazole rings is 1. The minimum absolute atomic E-state index is 0.249. The normalized spacial score (nSPS) is 11.5. The van der Waals surface area contributed by atoms with Gasteiger partial charge in [0.2, 0.25) is 0 Å². The van der Waals surface area contributed by atoms with E-state index in [2.05, 4.69) is 29.5 Å². The number of alkyl halides is 1. The molecule has 0 aliphatic carbocycles. The number of aromatic carboxylic acids is 1. The average Bonchev–Trinajstić information content (AvgIpc) is 3.12. The van der Waals surface area contributed by atoms with Crippen molar-refractivity contribution in [3.8, 4) is 0 Å². The molecule has 0 saturated heterocycles. The quantitative estimate of drug-likeness (QED) is 0.721. The average molecular weight is 332 g/mol. The van der Waals surface area contributed by atoms with E-state index in [1.54, 1.807) is 18.2 Å². The lowest BCUT2D eigenvalue weighted by Crippen LogP contribution is -2.10. The number of hydrogen-bond acceptors (Lipinski definition) is 2. The third-order valence-corrected chi connectivity index (χ3v) is 4.18. The highest BCUT2D eigenvalue weighted by atomic mass is 35.5. The minimum atomic E-state index is -0.947. The molecule has 0 aliphatic rings. The lowest BCUT2D eigenvalue weighted by Gasteiger charge is -2.15. The Morgan fingerprint density at radius 1 is 1.35 bits per heavy atom. The van der Waals surface area contributed by atoms with Crippen LogP contribution >= 0.6 is 11.6 Å². The van der Waals surface area contributed by atoms with E-state index >= 15 is 0 Å². The van der Waals surface area contributed by atoms with Crippen LogP contribution in [0.1, 0.15) is 41.8 Å². The van der Waals surface area contributed by atoms with Gasteiger partial charge >= 0.3 is 5.97 Å². The van der Waals surface area contributed by atoms with Gasteiger partial charge in [-0.25, -0.2) is 9.78 Å². The zero-order chi connectivity index (χ0) is 16.6. The number of rotatable bonds is 5. The number of aromatic nitrogens is 3. The second kappa shape index (κ2) is 6.08. The van der Waals surface area contributed by atoms with E-state index in [9.17, 15) is 9.90 Å². The summed E-state index contributed by atoms with van der Waals surface area (Å²) in [5, 5.41) is 9.21. The number of carbonyl (C=O) groups is 1. The standard InChI is InChI=1S/C17H18ClN3O2/c1-11(2)20-7-3-4-13(20)10-21-15-8-12(17(22)23)5-6-14(15)19-16(21)9-18/h3-8,11H,9-10H2,1-2H3,(H,22,23). The second-order valence-electron chi connectivity index (χ2n) is 5.76. The van der Waals surface area contributed by atoms with Crippen molar-refractivity contribution in [3.05, 3.63) is 53.6 Å². The van der Waals surface area contributed by atoms with Gasteiger partial charge in [0.15, 0.2) is 0 Å². The topological polar surface area (TPSA) is 60.0 Å². The van der Waals surface area contributed by atoms with Crippen LogP contribution in [-0.2, 0) is 12.4 Å². The number of carboxylic acids is 1. The fraction of sp³-hybridized carbons (Fsp3) is 0.294. The molecular weight excluding hydrogens is 314 g/mol. The smallest absolute Gasteiger partial charge is 0.335 e. The maximum atomic E-state index is 11.2. The number of fused-ring (bicyclic) bond motifs is 1. The number of benzene rings is 1. The molecule has 6 heteroatoms. The largest absolute Gasteiger partial charge is 0.478 e. The fourth-order valence-electron chi connectivity index (χ4n) is 2.81. The molecule has 0 saturated carbocycles. The van der Waals surface area contributed by atoms with Crippen LogP contribution in [-0.4, -0.2) is 25.2 Å². The zero-order valence-electron chi connectivity index (χ0n) is 13.0. The van der Waals surface area contributed by atoms with Gasteiger partial charge in [-0.2, -0.15) is 0 Å². The van der Waals surface area contributed by atoms with E-state index in [-0.39, 0.29) is 11.4 Å². The van der Waals surface area contributed by atoms with Crippen molar-refractivity contribution in [2.24, 2.45) is 0 Å². The summed E-state index contributed by atoms with van der Waals surface area (Å²) in [6.45, 7) is 4.85. The van der Waals surface area contributed by atoms with Gasteiger partial charge in [0.1, 0.15) is 5.82 Å². The molecule has 2 aromatic heterocycles. The molecule has 0 atom stereocenters. The number of halogens is 1. The molecule has 5 nitrogen and oxygen atoms in total. The Morgan fingerprint density at radius 3 is 2.78 bits per heavy atom. The van der Waals surface area contributed by atoms with E-state index in [0.29, 0.717) is 12.6 Å². The minimum Gasteiger partial charge on any atom is -0.478 e. The van der Waals surface area contributed by atoms with Gasteiger partial charge < -0.3 is 14.2 Å². The Morgan fingerprint density at radius 2 is 2.13 bits per heavy atom. The molecule has 1 N–H and O–H groups in total. The number of carboxylic acid groups (broad SMARTS) is 1. The Labute approximate surface area is 139 Å². The molecule has 0 radical (unpaired) electrons. The lowest BCUT2D eigenvalue weighted by atomic mass is 10.2. The van der Waals surface area contributed by atoms with Crippen LogP contribution < -0.4 is 0 Å². The van der Waals surface area contributed by atoms with Crippen molar-refractivity contribution < 1.29 is 9.90 Å². The molecule has 3 rings (SSSR count). The van der Waals surface area contributed by atoms with Crippen molar-refractivity contribution in [1.82, 2.24) is 14.1 Å². The molecule has 0 fully saturated rings. The number of nitrogens with zero attached hydrogens (tertiary/aromatic N) is 3. The van der Waals surface area contributed by atoms with Crippen LogP contribution in [0.4, 0.5) is 0 Å². The monoisotopic (exact) mass is 331 g/mol. The highest BCUT2D eigenvalue weighted by Crippen LogP contribution is 2.22. The molecular formula is C17H18ClN3O2. The summed E-state index contributed by atoms with van der Waals surface area (Å²) in [7, 11) is 0. The van der Waals surface area contributed by atoms with E-state index in [1.807, 2.05) is 16.8 Å². The van der Waals surface area contributed by atoms with E-state index in [0.717, 1.165) is 22.6 Å². The molecule has 0 spiro atoms. The first-order valence-corrected chi connectivity index (χ1v) is 7.99. The highest BCUT2D eigenvalue weighted by molar-refractivity contribution is 6.16. The van der Waals surface area contributed by atoms with E-state index in [4.69, 9.17) is 11.6 Å². The van der Waals surface area contributed by atoms with Crippen molar-refractivity contribution in [2.45, 2.75) is 32.3 Å². The summed E-state index contributed by atoms with van der Waals surface area (Å²) in [4.78, 5) is 15.7. The van der Waals surface area contributed by atoms with Gasteiger partial charge in [0.05, 0.1) is 29.0 Å². The van der Waals surface area contributed by atoms with Crippen LogP contribution in [0.15, 0.2) is 36.5 Å². The van der Waals surface area contributed by atoms with Crippen molar-refractivity contribution in [2.75, 3.05) is 0 Å². The molecule has 3 aromatic rings. The van der Waals surface area contributed by atoms with Crippen LogP contribution in [0, 0.1) is 0 Å². The number of hydrogen-bond donors (Lipinski definition) is 1.